The molecule has 0 amide bonds. The van der Waals surface area contributed by atoms with Crippen LogP contribution in [0.4, 0.5) is 0 Å². The van der Waals surface area contributed by atoms with Crippen LogP contribution in [0.2, 0.25) is 4.44 Å². The van der Waals surface area contributed by atoms with Crippen LogP contribution in [0.1, 0.15) is 26.7 Å². The van der Waals surface area contributed by atoms with Crippen molar-refractivity contribution in [3.05, 3.63) is 0 Å². The number of aliphatic carboxylic acids is 1. The fourth-order valence-corrected chi connectivity index (χ4v) is 1.19. The van der Waals surface area contributed by atoms with Crippen LogP contribution in [0.25, 0.3) is 0 Å². The molecular weight excluding hydrogens is 223 g/mol. The van der Waals surface area contributed by atoms with Crippen molar-refractivity contribution in [3.8, 4) is 0 Å². The molecule has 0 heterocycles. The van der Waals surface area contributed by atoms with Crippen molar-refractivity contribution in [1.29, 1.82) is 0 Å². The van der Waals surface area contributed by atoms with E-state index in [0.717, 1.165) is 6.92 Å². The molecule has 0 bridgehead atoms. The van der Waals surface area contributed by atoms with Gasteiger partial charge in [0.1, 0.15) is 0 Å². The first-order chi connectivity index (χ1) is 4.15. The van der Waals surface area contributed by atoms with Gasteiger partial charge in [-0.2, -0.15) is 0 Å². The van der Waals surface area contributed by atoms with E-state index in [1.54, 1.807) is 22.5 Å². The summed E-state index contributed by atoms with van der Waals surface area (Å²) in [4.78, 5) is 9.00. The Bertz CT molecular complexity index is 58.1. The molecule has 0 aromatic rings. The first-order valence-corrected chi connectivity index (χ1v) is 5.01. The van der Waals surface area contributed by atoms with Crippen molar-refractivity contribution in [3.63, 3.8) is 0 Å². The Labute approximate surface area is 69.7 Å². The van der Waals surface area contributed by atoms with E-state index in [2.05, 4.69) is 6.92 Å². The number of carboxylic acids is 1. The predicted octanol–water partition coefficient (Wildman–Crippen LogP) is 1.46. The molecule has 0 aliphatic carbocycles. The fraction of sp³-hybridized carbons (Fsp3) is 0.833. The predicted molar refractivity (Wildman–Crippen MR) is 38.8 cm³/mol. The monoisotopic (exact) mass is 237 g/mol. The van der Waals surface area contributed by atoms with E-state index in [9.17, 15) is 0 Å². The Balaban J connectivity index is 0. The minimum absolute atomic E-state index is 0.833. The second-order valence-corrected chi connectivity index (χ2v) is 3.05. The van der Waals surface area contributed by atoms with Crippen LogP contribution in [-0.4, -0.2) is 33.6 Å². The van der Waals surface area contributed by atoms with Gasteiger partial charge in [-0.25, -0.2) is 0 Å². The summed E-state index contributed by atoms with van der Waals surface area (Å²) < 4.78 is 1.43. The number of unbranched alkanes of at least 4 members (excludes halogenated alkanes) is 1. The van der Waals surface area contributed by atoms with E-state index in [0.29, 0.717) is 0 Å². The van der Waals surface area contributed by atoms with Gasteiger partial charge in [0.25, 0.3) is 5.97 Å². The summed E-state index contributed by atoms with van der Waals surface area (Å²) in [5.74, 6) is -0.833. The molecular formula is C6H13O2Sn. The van der Waals surface area contributed by atoms with Gasteiger partial charge >= 0.3 is 46.7 Å². The molecule has 0 aromatic carbocycles. The topological polar surface area (TPSA) is 37.3 Å². The second kappa shape index (κ2) is 11.1. The van der Waals surface area contributed by atoms with Crippen LogP contribution in [0.5, 0.6) is 0 Å². The van der Waals surface area contributed by atoms with E-state index >= 15 is 0 Å². The van der Waals surface area contributed by atoms with Crippen molar-refractivity contribution >= 4 is 28.5 Å². The number of hydrogen-bond donors (Lipinski definition) is 1. The number of carboxylic acid groups (broad SMARTS) is 1. The summed E-state index contributed by atoms with van der Waals surface area (Å²) in [7, 11) is 0. The van der Waals surface area contributed by atoms with Gasteiger partial charge in [-0.15, -0.1) is 0 Å². The van der Waals surface area contributed by atoms with Crippen LogP contribution < -0.4 is 0 Å². The minimum atomic E-state index is -0.833. The van der Waals surface area contributed by atoms with Crippen molar-refractivity contribution in [2.45, 2.75) is 31.1 Å². The molecule has 0 aliphatic rings. The van der Waals surface area contributed by atoms with E-state index in [1.165, 1.54) is 17.3 Å². The van der Waals surface area contributed by atoms with Crippen molar-refractivity contribution in [1.82, 2.24) is 0 Å². The zero-order chi connectivity index (χ0) is 7.70. The average molecular weight is 236 g/mol. The summed E-state index contributed by atoms with van der Waals surface area (Å²) in [5, 5.41) is 7.42. The molecule has 0 unspecified atom stereocenters. The van der Waals surface area contributed by atoms with Crippen molar-refractivity contribution < 1.29 is 9.90 Å². The van der Waals surface area contributed by atoms with Crippen LogP contribution in [0.15, 0.2) is 0 Å². The molecule has 3 radical (unpaired) electrons. The molecule has 53 valence electrons. The Hall–Kier alpha value is 0.269. The first-order valence-electron chi connectivity index (χ1n) is 2.99. The summed E-state index contributed by atoms with van der Waals surface area (Å²) in [6, 6.07) is 0. The zero-order valence-corrected chi connectivity index (χ0v) is 8.83. The van der Waals surface area contributed by atoms with Gasteiger partial charge in [-0.3, -0.25) is 4.79 Å². The first kappa shape index (κ1) is 12.0. The summed E-state index contributed by atoms with van der Waals surface area (Å²) in [6.45, 7) is 3.31. The van der Waals surface area contributed by atoms with Gasteiger partial charge in [0.15, 0.2) is 0 Å². The normalized spacial score (nSPS) is 7.44. The molecule has 1 N–H and O–H groups in total. The molecule has 0 fully saturated rings. The molecule has 0 aromatic heterocycles. The molecule has 2 nitrogen and oxygen atoms in total. The van der Waals surface area contributed by atoms with Gasteiger partial charge in [-0.1, -0.05) is 0 Å². The van der Waals surface area contributed by atoms with E-state index in [4.69, 9.17) is 9.90 Å². The van der Waals surface area contributed by atoms with Gasteiger partial charge in [0, 0.05) is 6.92 Å². The Kier molecular flexibility index (Phi) is 14.8. The summed E-state index contributed by atoms with van der Waals surface area (Å²) in [6.07, 6.45) is 2.80. The van der Waals surface area contributed by atoms with E-state index in [-0.39, 0.29) is 0 Å². The van der Waals surface area contributed by atoms with Crippen molar-refractivity contribution in [2.24, 2.45) is 0 Å². The third-order valence-corrected chi connectivity index (χ3v) is 1.54. The standard InChI is InChI=1S/C4H9.C2H4O2.Sn/c1-3-4-2;1-2(3)4;/h1,3-4H2,2H3;1H3,(H,3,4);. The summed E-state index contributed by atoms with van der Waals surface area (Å²) >= 11 is 1.68. The van der Waals surface area contributed by atoms with E-state index in [1.807, 2.05) is 0 Å². The third-order valence-electron chi connectivity index (χ3n) is 0.530. The molecule has 0 spiro atoms. The molecule has 0 saturated carbocycles. The van der Waals surface area contributed by atoms with Crippen LogP contribution in [0, 0.1) is 0 Å². The molecule has 0 atom stereocenters. The SMILES string of the molecule is CC(=O)O.CCC[CH2][Sn]. The van der Waals surface area contributed by atoms with Gasteiger partial charge in [0.05, 0.1) is 0 Å². The molecule has 9 heavy (non-hydrogen) atoms. The average Bonchev–Trinajstić information content (AvgIpc) is 1.66. The number of carbonyl (C=O) groups is 1. The second-order valence-electron chi connectivity index (χ2n) is 1.62. The maximum absolute atomic E-state index is 9.00. The van der Waals surface area contributed by atoms with E-state index < -0.39 is 5.97 Å². The van der Waals surface area contributed by atoms with Crippen molar-refractivity contribution in [2.75, 3.05) is 0 Å². The molecule has 3 heteroatoms. The fourth-order valence-electron chi connectivity index (χ4n) is 0.177. The van der Waals surface area contributed by atoms with Crippen LogP contribution in [0.3, 0.4) is 0 Å². The number of hydrogen-bond acceptors (Lipinski definition) is 1. The Morgan fingerprint density at radius 1 is 1.67 bits per heavy atom. The third kappa shape index (κ3) is 63.1. The maximum atomic E-state index is 9.00. The van der Waals surface area contributed by atoms with Gasteiger partial charge < -0.3 is 5.11 Å². The Morgan fingerprint density at radius 3 is 2.00 bits per heavy atom. The molecule has 0 saturated heterocycles. The van der Waals surface area contributed by atoms with Crippen LogP contribution >= 0.6 is 0 Å². The quantitative estimate of drug-likeness (QED) is 0.737. The van der Waals surface area contributed by atoms with Crippen LogP contribution in [-0.2, 0) is 4.79 Å². The Morgan fingerprint density at radius 2 is 2.00 bits per heavy atom. The zero-order valence-electron chi connectivity index (χ0n) is 5.98. The van der Waals surface area contributed by atoms with Gasteiger partial charge in [-0.05, 0) is 0 Å². The molecule has 0 rings (SSSR count). The summed E-state index contributed by atoms with van der Waals surface area (Å²) in [5.41, 5.74) is 0. The van der Waals surface area contributed by atoms with Gasteiger partial charge in [0.2, 0.25) is 0 Å². The number of rotatable bonds is 2. The molecule has 0 aliphatic heterocycles.